The molecule has 3 nitrogen and oxygen atoms in total. The molecule has 2 aromatic carbocycles. The van der Waals surface area contributed by atoms with E-state index in [4.69, 9.17) is 17.3 Å². The molecule has 2 rings (SSSR count). The number of carbonyl (C=O) groups is 1. The summed E-state index contributed by atoms with van der Waals surface area (Å²) in [4.78, 5) is 12.7. The second-order valence-electron chi connectivity index (χ2n) is 4.03. The molecule has 2 aromatic rings. The number of halogens is 2. The molecule has 20 heavy (non-hydrogen) atoms. The molecular weight excluding hydrogens is 299 g/mol. The molecule has 6 heteroatoms. The number of anilines is 2. The molecule has 0 atom stereocenters. The van der Waals surface area contributed by atoms with Crippen LogP contribution in [0.15, 0.2) is 47.4 Å². The van der Waals surface area contributed by atoms with Gasteiger partial charge in [-0.1, -0.05) is 11.6 Å². The fourth-order valence-electron chi connectivity index (χ4n) is 1.50. The third-order valence-corrected chi connectivity index (χ3v) is 3.71. The number of benzene rings is 2. The number of hydrogen-bond donors (Lipinski definition) is 2. The number of thioether (sulfide) groups is 1. The lowest BCUT2D eigenvalue weighted by Crippen LogP contribution is -2.15. The van der Waals surface area contributed by atoms with E-state index in [9.17, 15) is 9.18 Å². The number of carbonyl (C=O) groups excluding carboxylic acids is 1. The summed E-state index contributed by atoms with van der Waals surface area (Å²) in [5.41, 5.74) is 6.03. The Morgan fingerprint density at radius 1 is 1.25 bits per heavy atom. The van der Waals surface area contributed by atoms with Gasteiger partial charge >= 0.3 is 0 Å². The maximum atomic E-state index is 13.4. The summed E-state index contributed by atoms with van der Waals surface area (Å²) in [6.45, 7) is 0. The van der Waals surface area contributed by atoms with Gasteiger partial charge in [0.25, 0.3) is 0 Å². The number of nitrogens with two attached hydrogens (primary N) is 1. The molecule has 0 saturated carbocycles. The first-order valence-electron chi connectivity index (χ1n) is 5.78. The molecule has 0 fully saturated rings. The van der Waals surface area contributed by atoms with Crippen molar-refractivity contribution >= 4 is 40.6 Å². The molecule has 0 aromatic heterocycles. The van der Waals surface area contributed by atoms with Crippen LogP contribution in [-0.2, 0) is 4.79 Å². The van der Waals surface area contributed by atoms with Crippen molar-refractivity contribution in [3.05, 3.63) is 53.3 Å². The van der Waals surface area contributed by atoms with Crippen LogP contribution in [0.25, 0.3) is 0 Å². The summed E-state index contributed by atoms with van der Waals surface area (Å²) in [6.07, 6.45) is 0. The molecule has 0 radical (unpaired) electrons. The van der Waals surface area contributed by atoms with Crippen LogP contribution in [-0.4, -0.2) is 11.7 Å². The Bertz CT molecular complexity index is 619. The van der Waals surface area contributed by atoms with Crippen molar-refractivity contribution in [1.29, 1.82) is 0 Å². The van der Waals surface area contributed by atoms with Gasteiger partial charge < -0.3 is 11.1 Å². The highest BCUT2D eigenvalue weighted by atomic mass is 35.5. The molecule has 104 valence electrons. The maximum Gasteiger partial charge on any atom is 0.234 e. The SMILES string of the molecule is Nc1ccc(F)c(NC(=O)CSc2ccc(Cl)cc2)c1. The molecule has 0 spiro atoms. The standard InChI is InChI=1S/C14H12ClFN2OS/c15-9-1-4-11(5-2-9)20-8-14(19)18-13-7-10(17)3-6-12(13)16/h1-7H,8,17H2,(H,18,19). The normalized spacial score (nSPS) is 10.3. The Morgan fingerprint density at radius 3 is 2.65 bits per heavy atom. The van der Waals surface area contributed by atoms with Crippen molar-refractivity contribution < 1.29 is 9.18 Å². The third kappa shape index (κ3) is 4.15. The van der Waals surface area contributed by atoms with Crippen LogP contribution in [0.5, 0.6) is 0 Å². The molecule has 1 amide bonds. The van der Waals surface area contributed by atoms with Crippen molar-refractivity contribution in [2.45, 2.75) is 4.90 Å². The molecule has 0 aliphatic carbocycles. The number of nitrogen functional groups attached to an aromatic ring is 1. The number of rotatable bonds is 4. The van der Waals surface area contributed by atoms with Crippen molar-refractivity contribution in [2.75, 3.05) is 16.8 Å². The van der Waals surface area contributed by atoms with E-state index in [-0.39, 0.29) is 17.3 Å². The van der Waals surface area contributed by atoms with E-state index < -0.39 is 5.82 Å². The first kappa shape index (κ1) is 14.7. The minimum absolute atomic E-state index is 0.0895. The van der Waals surface area contributed by atoms with Gasteiger partial charge in [-0.05, 0) is 42.5 Å². The highest BCUT2D eigenvalue weighted by Gasteiger charge is 2.08. The third-order valence-electron chi connectivity index (χ3n) is 2.45. The molecule has 0 bridgehead atoms. The molecule has 0 saturated heterocycles. The molecule has 3 N–H and O–H groups in total. The topological polar surface area (TPSA) is 55.1 Å². The van der Waals surface area contributed by atoms with Crippen LogP contribution in [0.3, 0.4) is 0 Å². The zero-order valence-corrected chi connectivity index (χ0v) is 12.0. The van der Waals surface area contributed by atoms with Gasteiger partial charge in [0.05, 0.1) is 11.4 Å². The molecular formula is C14H12ClFN2OS. The second kappa shape index (κ2) is 6.63. The maximum absolute atomic E-state index is 13.4. The van der Waals surface area contributed by atoms with Crippen LogP contribution in [0.2, 0.25) is 5.02 Å². The van der Waals surface area contributed by atoms with Gasteiger partial charge in [-0.15, -0.1) is 11.8 Å². The van der Waals surface area contributed by atoms with Crippen molar-refractivity contribution in [3.63, 3.8) is 0 Å². The highest BCUT2D eigenvalue weighted by molar-refractivity contribution is 8.00. The van der Waals surface area contributed by atoms with E-state index >= 15 is 0 Å². The van der Waals surface area contributed by atoms with E-state index in [1.54, 1.807) is 12.1 Å². The number of amides is 1. The van der Waals surface area contributed by atoms with E-state index in [2.05, 4.69) is 5.32 Å². The molecule has 0 aliphatic heterocycles. The van der Waals surface area contributed by atoms with Crippen LogP contribution in [0.4, 0.5) is 15.8 Å². The largest absolute Gasteiger partial charge is 0.399 e. The molecule has 0 unspecified atom stereocenters. The first-order chi connectivity index (χ1) is 9.54. The van der Waals surface area contributed by atoms with Gasteiger partial charge in [0, 0.05) is 15.6 Å². The predicted molar refractivity (Wildman–Crippen MR) is 81.6 cm³/mol. The van der Waals surface area contributed by atoms with Crippen LogP contribution >= 0.6 is 23.4 Å². The summed E-state index contributed by atoms with van der Waals surface area (Å²) in [5, 5.41) is 3.13. The van der Waals surface area contributed by atoms with E-state index in [1.165, 1.54) is 30.0 Å². The highest BCUT2D eigenvalue weighted by Crippen LogP contribution is 2.21. The molecule has 0 aliphatic rings. The van der Waals surface area contributed by atoms with E-state index in [0.717, 1.165) is 4.90 Å². The van der Waals surface area contributed by atoms with Crippen molar-refractivity contribution in [3.8, 4) is 0 Å². The van der Waals surface area contributed by atoms with Crippen LogP contribution < -0.4 is 11.1 Å². The Labute approximate surface area is 125 Å². The summed E-state index contributed by atoms with van der Waals surface area (Å²) < 4.78 is 13.4. The van der Waals surface area contributed by atoms with Gasteiger partial charge in [-0.3, -0.25) is 4.79 Å². The lowest BCUT2D eigenvalue weighted by atomic mass is 10.2. The van der Waals surface area contributed by atoms with Crippen LogP contribution in [0, 0.1) is 5.82 Å². The Kier molecular flexibility index (Phi) is 4.87. The van der Waals surface area contributed by atoms with Gasteiger partial charge in [0.15, 0.2) is 0 Å². The number of nitrogens with one attached hydrogen (secondary N) is 1. The Balaban J connectivity index is 1.92. The van der Waals surface area contributed by atoms with Crippen LogP contribution in [0.1, 0.15) is 0 Å². The average Bonchev–Trinajstić information content (AvgIpc) is 2.42. The predicted octanol–water partition coefficient (Wildman–Crippen LogP) is 3.79. The first-order valence-corrected chi connectivity index (χ1v) is 7.14. The van der Waals surface area contributed by atoms with E-state index in [0.29, 0.717) is 10.7 Å². The smallest absolute Gasteiger partial charge is 0.234 e. The van der Waals surface area contributed by atoms with Gasteiger partial charge in [-0.25, -0.2) is 4.39 Å². The summed E-state index contributed by atoms with van der Waals surface area (Å²) in [5.74, 6) is -0.630. The summed E-state index contributed by atoms with van der Waals surface area (Å²) in [7, 11) is 0. The zero-order chi connectivity index (χ0) is 14.5. The number of hydrogen-bond acceptors (Lipinski definition) is 3. The summed E-state index contributed by atoms with van der Waals surface area (Å²) in [6, 6.07) is 11.2. The second-order valence-corrected chi connectivity index (χ2v) is 5.52. The lowest BCUT2D eigenvalue weighted by Gasteiger charge is -2.07. The van der Waals surface area contributed by atoms with Crippen molar-refractivity contribution in [1.82, 2.24) is 0 Å². The van der Waals surface area contributed by atoms with Crippen molar-refractivity contribution in [2.24, 2.45) is 0 Å². The fraction of sp³-hybridized carbons (Fsp3) is 0.0714. The monoisotopic (exact) mass is 310 g/mol. The summed E-state index contributed by atoms with van der Waals surface area (Å²) >= 11 is 7.11. The van der Waals surface area contributed by atoms with Gasteiger partial charge in [0.2, 0.25) is 5.91 Å². The Hall–Kier alpha value is -1.72. The van der Waals surface area contributed by atoms with E-state index in [1.807, 2.05) is 12.1 Å². The minimum atomic E-state index is -0.510. The Morgan fingerprint density at radius 2 is 1.95 bits per heavy atom. The lowest BCUT2D eigenvalue weighted by molar-refractivity contribution is -0.113. The zero-order valence-electron chi connectivity index (χ0n) is 10.4. The fourth-order valence-corrected chi connectivity index (χ4v) is 2.33. The molecule has 0 heterocycles. The minimum Gasteiger partial charge on any atom is -0.399 e. The van der Waals surface area contributed by atoms with Gasteiger partial charge in [-0.2, -0.15) is 0 Å². The van der Waals surface area contributed by atoms with Gasteiger partial charge in [0.1, 0.15) is 5.82 Å². The average molecular weight is 311 g/mol. The quantitative estimate of drug-likeness (QED) is 0.667.